The van der Waals surface area contributed by atoms with Crippen LogP contribution < -0.4 is 0 Å². The van der Waals surface area contributed by atoms with Crippen molar-refractivity contribution in [1.29, 1.82) is 0 Å². The van der Waals surface area contributed by atoms with Crippen LogP contribution in [0.4, 0.5) is 0 Å². The van der Waals surface area contributed by atoms with Crippen molar-refractivity contribution in [3.8, 4) is 0 Å². The van der Waals surface area contributed by atoms with Crippen molar-refractivity contribution in [2.24, 2.45) is 5.92 Å². The van der Waals surface area contributed by atoms with Gasteiger partial charge in [0.15, 0.2) is 4.67 Å². The van der Waals surface area contributed by atoms with Gasteiger partial charge in [-0.1, -0.05) is 6.92 Å². The van der Waals surface area contributed by atoms with Gasteiger partial charge in [-0.15, -0.1) is 0 Å². The molecule has 2 rings (SSSR count). The van der Waals surface area contributed by atoms with E-state index in [1.807, 2.05) is 0 Å². The highest BCUT2D eigenvalue weighted by Crippen LogP contribution is 2.30. The minimum atomic E-state index is -3.72. The number of sulfonamides is 1. The van der Waals surface area contributed by atoms with Gasteiger partial charge >= 0.3 is 5.97 Å². The zero-order chi connectivity index (χ0) is 14.9. The summed E-state index contributed by atoms with van der Waals surface area (Å²) < 4.78 is 31.3. The molecule has 1 aromatic heterocycles. The van der Waals surface area contributed by atoms with Gasteiger partial charge < -0.3 is 9.52 Å². The smallest absolute Gasteiger partial charge is 0.371 e. The number of nitrogens with zero attached hydrogens (tertiary/aromatic N) is 1. The van der Waals surface area contributed by atoms with E-state index in [-0.39, 0.29) is 9.56 Å². The lowest BCUT2D eigenvalue weighted by Crippen LogP contribution is -2.32. The average molecular weight is 366 g/mol. The standard InChI is InChI=1S/C12H16BrNO5S/c1-8-3-2-5-14(6-4-8)20(17,18)10-7-9(12(15)16)19-11(10)13/h7-8H,2-6H2,1H3,(H,15,16). The van der Waals surface area contributed by atoms with Gasteiger partial charge in [-0.05, 0) is 41.1 Å². The molecule has 1 fully saturated rings. The lowest BCUT2D eigenvalue weighted by molar-refractivity contribution is 0.0661. The zero-order valence-corrected chi connectivity index (χ0v) is 13.4. The molecule has 0 aliphatic carbocycles. The molecular weight excluding hydrogens is 350 g/mol. The zero-order valence-electron chi connectivity index (χ0n) is 11.0. The third-order valence-corrected chi connectivity index (χ3v) is 6.22. The molecule has 0 saturated carbocycles. The second-order valence-corrected chi connectivity index (χ2v) is 7.62. The van der Waals surface area contributed by atoms with Crippen molar-refractivity contribution in [2.75, 3.05) is 13.1 Å². The van der Waals surface area contributed by atoms with Gasteiger partial charge in [-0.3, -0.25) is 0 Å². The summed E-state index contributed by atoms with van der Waals surface area (Å²) in [6.07, 6.45) is 2.61. The van der Waals surface area contributed by atoms with E-state index in [9.17, 15) is 13.2 Å². The Morgan fingerprint density at radius 2 is 2.15 bits per heavy atom. The fraction of sp³-hybridized carbons (Fsp3) is 0.583. The highest BCUT2D eigenvalue weighted by atomic mass is 79.9. The lowest BCUT2D eigenvalue weighted by Gasteiger charge is -2.19. The average Bonchev–Trinajstić information content (AvgIpc) is 2.62. The van der Waals surface area contributed by atoms with Gasteiger partial charge in [0, 0.05) is 19.2 Å². The summed E-state index contributed by atoms with van der Waals surface area (Å²) in [6, 6.07) is 1.05. The molecule has 0 amide bonds. The largest absolute Gasteiger partial charge is 0.475 e. The molecular formula is C12H16BrNO5S. The van der Waals surface area contributed by atoms with Gasteiger partial charge in [0.2, 0.25) is 15.8 Å². The van der Waals surface area contributed by atoms with Crippen molar-refractivity contribution in [2.45, 2.75) is 31.1 Å². The normalized spacial score (nSPS) is 21.6. The molecule has 2 heterocycles. The number of carbonyl (C=O) groups is 1. The van der Waals surface area contributed by atoms with E-state index in [0.29, 0.717) is 19.0 Å². The van der Waals surface area contributed by atoms with Gasteiger partial charge in [0.1, 0.15) is 4.90 Å². The van der Waals surface area contributed by atoms with Crippen LogP contribution in [0.1, 0.15) is 36.7 Å². The second kappa shape index (κ2) is 5.87. The van der Waals surface area contributed by atoms with E-state index in [0.717, 1.165) is 25.3 Å². The van der Waals surface area contributed by atoms with Crippen LogP contribution in [-0.2, 0) is 10.0 Å². The molecule has 6 nitrogen and oxygen atoms in total. The molecule has 112 valence electrons. The van der Waals surface area contributed by atoms with Crippen molar-refractivity contribution in [3.63, 3.8) is 0 Å². The minimum Gasteiger partial charge on any atom is -0.475 e. The molecule has 8 heteroatoms. The first-order chi connectivity index (χ1) is 9.32. The van der Waals surface area contributed by atoms with Crippen LogP contribution in [0.2, 0.25) is 0 Å². The number of carboxylic acids is 1. The maximum atomic E-state index is 12.5. The van der Waals surface area contributed by atoms with E-state index in [1.165, 1.54) is 4.31 Å². The number of rotatable bonds is 3. The number of hydrogen-bond donors (Lipinski definition) is 1. The highest BCUT2D eigenvalue weighted by Gasteiger charge is 2.31. The molecule has 0 aromatic carbocycles. The van der Waals surface area contributed by atoms with E-state index >= 15 is 0 Å². The summed E-state index contributed by atoms with van der Waals surface area (Å²) in [4.78, 5) is 10.7. The van der Waals surface area contributed by atoms with Gasteiger partial charge in [-0.2, -0.15) is 4.31 Å². The van der Waals surface area contributed by atoms with Gasteiger partial charge in [0.05, 0.1) is 0 Å². The van der Waals surface area contributed by atoms with Gasteiger partial charge in [-0.25, -0.2) is 13.2 Å². The predicted molar refractivity (Wildman–Crippen MR) is 75.1 cm³/mol. The fourth-order valence-corrected chi connectivity index (χ4v) is 4.65. The molecule has 0 bridgehead atoms. The third kappa shape index (κ3) is 3.07. The van der Waals surface area contributed by atoms with E-state index in [4.69, 9.17) is 9.52 Å². The van der Waals surface area contributed by atoms with Crippen molar-refractivity contribution >= 4 is 31.9 Å². The highest BCUT2D eigenvalue weighted by molar-refractivity contribution is 9.10. The van der Waals surface area contributed by atoms with E-state index in [2.05, 4.69) is 22.9 Å². The fourth-order valence-electron chi connectivity index (χ4n) is 2.25. The van der Waals surface area contributed by atoms with Crippen LogP contribution >= 0.6 is 15.9 Å². The summed E-state index contributed by atoms with van der Waals surface area (Å²) >= 11 is 2.98. The van der Waals surface area contributed by atoms with Crippen LogP contribution in [0, 0.1) is 5.92 Å². The van der Waals surface area contributed by atoms with Crippen molar-refractivity contribution in [3.05, 3.63) is 16.5 Å². The number of aromatic carboxylic acids is 1. The first-order valence-electron chi connectivity index (χ1n) is 6.35. The Hall–Kier alpha value is -0.860. The first kappa shape index (κ1) is 15.5. The lowest BCUT2D eigenvalue weighted by atomic mass is 10.0. The summed E-state index contributed by atoms with van der Waals surface area (Å²) in [7, 11) is -3.72. The quantitative estimate of drug-likeness (QED) is 0.888. The molecule has 20 heavy (non-hydrogen) atoms. The number of halogens is 1. The second-order valence-electron chi connectivity index (χ2n) is 4.99. The Labute approximate surface area is 125 Å². The molecule has 0 spiro atoms. The number of furan rings is 1. The van der Waals surface area contributed by atoms with Crippen LogP contribution in [0.25, 0.3) is 0 Å². The Balaban J connectivity index is 2.32. The third-order valence-electron chi connectivity index (χ3n) is 3.46. The molecule has 1 unspecified atom stereocenters. The molecule has 1 atom stereocenters. The van der Waals surface area contributed by atoms with Crippen LogP contribution in [-0.4, -0.2) is 36.9 Å². The maximum Gasteiger partial charge on any atom is 0.371 e. The number of hydrogen-bond acceptors (Lipinski definition) is 4. The summed E-state index contributed by atoms with van der Waals surface area (Å²) in [5, 5.41) is 8.86. The predicted octanol–water partition coefficient (Wildman–Crippen LogP) is 2.55. The topological polar surface area (TPSA) is 87.8 Å². The Kier molecular flexibility index (Phi) is 4.55. The molecule has 0 radical (unpaired) electrons. The Morgan fingerprint density at radius 1 is 1.45 bits per heavy atom. The minimum absolute atomic E-state index is 0.0628. The van der Waals surface area contributed by atoms with Crippen molar-refractivity contribution in [1.82, 2.24) is 4.31 Å². The first-order valence-corrected chi connectivity index (χ1v) is 8.58. The van der Waals surface area contributed by atoms with E-state index < -0.39 is 21.8 Å². The Morgan fingerprint density at radius 3 is 2.75 bits per heavy atom. The summed E-state index contributed by atoms with van der Waals surface area (Å²) in [5.41, 5.74) is 0. The molecule has 1 aromatic rings. The molecule has 1 aliphatic rings. The number of carboxylic acid groups (broad SMARTS) is 1. The van der Waals surface area contributed by atoms with Crippen LogP contribution in [0.3, 0.4) is 0 Å². The van der Waals surface area contributed by atoms with Gasteiger partial charge in [0.25, 0.3) is 0 Å². The van der Waals surface area contributed by atoms with Crippen molar-refractivity contribution < 1.29 is 22.7 Å². The monoisotopic (exact) mass is 365 g/mol. The maximum absolute atomic E-state index is 12.5. The van der Waals surface area contributed by atoms with Crippen LogP contribution in [0.15, 0.2) is 20.0 Å². The molecule has 1 N–H and O–H groups in total. The molecule has 1 aliphatic heterocycles. The summed E-state index contributed by atoms with van der Waals surface area (Å²) in [5.74, 6) is -1.19. The van der Waals surface area contributed by atoms with Crippen LogP contribution in [0.5, 0.6) is 0 Å². The SMILES string of the molecule is CC1CCCN(S(=O)(=O)c2cc(C(=O)O)oc2Br)CC1. The molecule has 1 saturated heterocycles. The Bertz CT molecular complexity index is 609. The summed E-state index contributed by atoms with van der Waals surface area (Å²) in [6.45, 7) is 3.00. The van der Waals surface area contributed by atoms with E-state index in [1.54, 1.807) is 0 Å².